The molecule has 2 aromatic rings. The van der Waals surface area contributed by atoms with E-state index < -0.39 is 0 Å². The van der Waals surface area contributed by atoms with Crippen LogP contribution in [0.4, 0.5) is 0 Å². The molecule has 1 saturated carbocycles. The SMILES string of the molecule is Cn1nnnc1C1CN(C(=O)C2CCC(NC(=O)c3cscn3)CC2)CCO1. The van der Waals surface area contributed by atoms with Crippen LogP contribution >= 0.6 is 11.3 Å². The van der Waals surface area contributed by atoms with Crippen LogP contribution in [0.3, 0.4) is 0 Å². The highest BCUT2D eigenvalue weighted by Crippen LogP contribution is 2.28. The quantitative estimate of drug-likeness (QED) is 0.790. The Morgan fingerprint density at radius 2 is 2.11 bits per heavy atom. The van der Waals surface area contributed by atoms with Gasteiger partial charge in [0.05, 0.1) is 18.7 Å². The molecular weight excluding hydrogens is 382 g/mol. The molecule has 1 atom stereocenters. The van der Waals surface area contributed by atoms with E-state index in [9.17, 15) is 9.59 Å². The maximum atomic E-state index is 13.0. The minimum absolute atomic E-state index is 0.0104. The number of tetrazole rings is 1. The molecule has 3 heterocycles. The van der Waals surface area contributed by atoms with Gasteiger partial charge in [-0.3, -0.25) is 9.59 Å². The van der Waals surface area contributed by atoms with Gasteiger partial charge in [0.1, 0.15) is 11.8 Å². The van der Waals surface area contributed by atoms with E-state index in [1.165, 1.54) is 11.3 Å². The summed E-state index contributed by atoms with van der Waals surface area (Å²) in [6.45, 7) is 1.52. The maximum Gasteiger partial charge on any atom is 0.270 e. The molecule has 2 aromatic heterocycles. The molecule has 2 amide bonds. The van der Waals surface area contributed by atoms with E-state index in [-0.39, 0.29) is 29.9 Å². The molecule has 1 N–H and O–H groups in total. The molecule has 28 heavy (non-hydrogen) atoms. The molecule has 2 aliphatic rings. The lowest BCUT2D eigenvalue weighted by atomic mass is 9.85. The number of aryl methyl sites for hydroxylation is 1. The number of ether oxygens (including phenoxy) is 1. The van der Waals surface area contributed by atoms with Crippen molar-refractivity contribution in [2.24, 2.45) is 13.0 Å². The summed E-state index contributed by atoms with van der Waals surface area (Å²) in [6.07, 6.45) is 2.84. The largest absolute Gasteiger partial charge is 0.366 e. The van der Waals surface area contributed by atoms with Crippen molar-refractivity contribution in [3.05, 3.63) is 22.4 Å². The fraction of sp³-hybridized carbons (Fsp3) is 0.647. The van der Waals surface area contributed by atoms with Gasteiger partial charge in [-0.2, -0.15) is 0 Å². The molecule has 1 saturated heterocycles. The lowest BCUT2D eigenvalue weighted by molar-refractivity contribution is -0.144. The highest BCUT2D eigenvalue weighted by Gasteiger charge is 2.34. The molecule has 4 rings (SSSR count). The van der Waals surface area contributed by atoms with Crippen molar-refractivity contribution < 1.29 is 14.3 Å². The van der Waals surface area contributed by atoms with Crippen LogP contribution in [0.1, 0.15) is 48.1 Å². The summed E-state index contributed by atoms with van der Waals surface area (Å²) in [5, 5.41) is 16.3. The summed E-state index contributed by atoms with van der Waals surface area (Å²) in [5.41, 5.74) is 2.11. The first-order valence-corrected chi connectivity index (χ1v) is 10.4. The highest BCUT2D eigenvalue weighted by atomic mass is 32.1. The van der Waals surface area contributed by atoms with Crippen LogP contribution in [0.2, 0.25) is 0 Å². The Bertz CT molecular complexity index is 817. The maximum absolute atomic E-state index is 13.0. The summed E-state index contributed by atoms with van der Waals surface area (Å²) in [6, 6.07) is 0.0976. The van der Waals surface area contributed by atoms with Crippen molar-refractivity contribution in [2.45, 2.75) is 37.8 Å². The fourth-order valence-electron chi connectivity index (χ4n) is 3.84. The number of hydrogen-bond donors (Lipinski definition) is 1. The van der Waals surface area contributed by atoms with Crippen molar-refractivity contribution in [3.8, 4) is 0 Å². The Morgan fingerprint density at radius 1 is 1.29 bits per heavy atom. The number of morpholine rings is 1. The zero-order chi connectivity index (χ0) is 19.5. The number of hydrogen-bond acceptors (Lipinski definition) is 8. The molecule has 11 heteroatoms. The minimum atomic E-state index is -0.300. The molecule has 2 fully saturated rings. The average molecular weight is 405 g/mol. The lowest BCUT2D eigenvalue weighted by Crippen LogP contribution is -2.47. The Labute approximate surface area is 166 Å². The van der Waals surface area contributed by atoms with Crippen molar-refractivity contribution >= 4 is 23.2 Å². The molecule has 0 radical (unpaired) electrons. The number of carbonyl (C=O) groups excluding carboxylic acids is 2. The van der Waals surface area contributed by atoms with Crippen LogP contribution in [0.15, 0.2) is 10.9 Å². The monoisotopic (exact) mass is 405 g/mol. The van der Waals surface area contributed by atoms with Gasteiger partial charge in [0, 0.05) is 30.9 Å². The van der Waals surface area contributed by atoms with E-state index in [0.717, 1.165) is 25.7 Å². The number of thiazole rings is 1. The van der Waals surface area contributed by atoms with E-state index in [1.807, 2.05) is 4.90 Å². The van der Waals surface area contributed by atoms with E-state index in [2.05, 4.69) is 25.8 Å². The standard InChI is InChI=1S/C17H23N7O3S/c1-23-15(20-21-22-23)14-8-24(6-7-27-14)17(26)11-2-4-12(5-3-11)19-16(25)13-9-28-10-18-13/h9-12,14H,2-8H2,1H3,(H,19,25). The summed E-state index contributed by atoms with van der Waals surface area (Å²) in [5.74, 6) is 0.645. The minimum Gasteiger partial charge on any atom is -0.366 e. The number of aromatic nitrogens is 5. The van der Waals surface area contributed by atoms with Gasteiger partial charge in [0.2, 0.25) is 5.91 Å². The third-order valence-electron chi connectivity index (χ3n) is 5.40. The summed E-state index contributed by atoms with van der Waals surface area (Å²) in [7, 11) is 1.76. The van der Waals surface area contributed by atoms with Gasteiger partial charge >= 0.3 is 0 Å². The van der Waals surface area contributed by atoms with Crippen molar-refractivity contribution in [3.63, 3.8) is 0 Å². The van der Waals surface area contributed by atoms with Gasteiger partial charge in [-0.05, 0) is 36.1 Å². The van der Waals surface area contributed by atoms with E-state index in [0.29, 0.717) is 31.2 Å². The van der Waals surface area contributed by atoms with Gasteiger partial charge < -0.3 is 15.0 Å². The van der Waals surface area contributed by atoms with Crippen molar-refractivity contribution in [2.75, 3.05) is 19.7 Å². The normalized spacial score (nSPS) is 25.5. The van der Waals surface area contributed by atoms with E-state index in [4.69, 9.17) is 4.74 Å². The number of carbonyl (C=O) groups is 2. The molecule has 0 bridgehead atoms. The van der Waals surface area contributed by atoms with Crippen LogP contribution < -0.4 is 5.32 Å². The Kier molecular flexibility index (Phi) is 5.62. The predicted molar refractivity (Wildman–Crippen MR) is 99.4 cm³/mol. The summed E-state index contributed by atoms with van der Waals surface area (Å²) >= 11 is 1.40. The first-order valence-electron chi connectivity index (χ1n) is 9.43. The van der Waals surface area contributed by atoms with Gasteiger partial charge in [0.25, 0.3) is 5.91 Å². The number of nitrogens with zero attached hydrogens (tertiary/aromatic N) is 6. The van der Waals surface area contributed by atoms with Crippen molar-refractivity contribution in [1.82, 2.24) is 35.4 Å². The number of nitrogens with one attached hydrogen (secondary N) is 1. The van der Waals surface area contributed by atoms with Gasteiger partial charge in [-0.25, -0.2) is 9.67 Å². The highest BCUT2D eigenvalue weighted by molar-refractivity contribution is 7.07. The van der Waals surface area contributed by atoms with Crippen LogP contribution in [0, 0.1) is 5.92 Å². The molecule has 10 nitrogen and oxygen atoms in total. The zero-order valence-electron chi connectivity index (χ0n) is 15.7. The lowest BCUT2D eigenvalue weighted by Gasteiger charge is -2.36. The first-order chi connectivity index (χ1) is 13.6. The molecule has 1 unspecified atom stereocenters. The van der Waals surface area contributed by atoms with Gasteiger partial charge in [-0.15, -0.1) is 16.4 Å². The molecule has 150 valence electrons. The molecule has 0 spiro atoms. The van der Waals surface area contributed by atoms with Crippen LogP contribution in [0.25, 0.3) is 0 Å². The summed E-state index contributed by atoms with van der Waals surface area (Å²) in [4.78, 5) is 31.0. The van der Waals surface area contributed by atoms with Crippen LogP contribution in [-0.4, -0.2) is 67.6 Å². The van der Waals surface area contributed by atoms with Crippen molar-refractivity contribution in [1.29, 1.82) is 0 Å². The summed E-state index contributed by atoms with van der Waals surface area (Å²) < 4.78 is 7.34. The fourth-order valence-corrected chi connectivity index (χ4v) is 4.37. The van der Waals surface area contributed by atoms with E-state index >= 15 is 0 Å². The Morgan fingerprint density at radius 3 is 2.79 bits per heavy atom. The Hall–Kier alpha value is -2.40. The average Bonchev–Trinajstić information content (AvgIpc) is 3.40. The third-order valence-corrected chi connectivity index (χ3v) is 5.98. The predicted octanol–water partition coefficient (Wildman–Crippen LogP) is 0.555. The molecule has 1 aliphatic heterocycles. The number of amides is 2. The van der Waals surface area contributed by atoms with Crippen LogP contribution in [-0.2, 0) is 16.6 Å². The Balaban J connectivity index is 1.29. The number of rotatable bonds is 4. The first kappa shape index (κ1) is 18.9. The second-order valence-electron chi connectivity index (χ2n) is 7.20. The topological polar surface area (TPSA) is 115 Å². The second kappa shape index (κ2) is 8.31. The van der Waals surface area contributed by atoms with Gasteiger partial charge in [0.15, 0.2) is 5.82 Å². The third kappa shape index (κ3) is 4.04. The molecule has 1 aliphatic carbocycles. The molecular formula is C17H23N7O3S. The van der Waals surface area contributed by atoms with E-state index in [1.54, 1.807) is 22.6 Å². The second-order valence-corrected chi connectivity index (χ2v) is 7.92. The van der Waals surface area contributed by atoms with Crippen LogP contribution in [0.5, 0.6) is 0 Å². The molecule has 0 aromatic carbocycles. The smallest absolute Gasteiger partial charge is 0.270 e. The zero-order valence-corrected chi connectivity index (χ0v) is 16.5. The van der Waals surface area contributed by atoms with Gasteiger partial charge in [-0.1, -0.05) is 0 Å².